The van der Waals surface area contributed by atoms with Crippen LogP contribution in [0.5, 0.6) is 17.4 Å². The van der Waals surface area contributed by atoms with Crippen LogP contribution in [0.1, 0.15) is 0 Å². The summed E-state index contributed by atoms with van der Waals surface area (Å²) in [7, 11) is 1.61. The van der Waals surface area contributed by atoms with Crippen LogP contribution in [0.3, 0.4) is 0 Å². The van der Waals surface area contributed by atoms with Gasteiger partial charge >= 0.3 is 0 Å². The van der Waals surface area contributed by atoms with Crippen LogP contribution >= 0.6 is 12.2 Å². The van der Waals surface area contributed by atoms with E-state index < -0.39 is 0 Å². The number of hydrogen-bond acceptors (Lipinski definition) is 5. The maximum Gasteiger partial charge on any atom is 0.219 e. The van der Waals surface area contributed by atoms with Gasteiger partial charge in [-0.15, -0.1) is 0 Å². The predicted octanol–water partition coefficient (Wildman–Crippen LogP) is 3.62. The average Bonchev–Trinajstić information content (AvgIpc) is 2.42. The molecule has 18 heavy (non-hydrogen) atoms. The van der Waals surface area contributed by atoms with Crippen LogP contribution in [0.4, 0.5) is 5.69 Å². The van der Waals surface area contributed by atoms with E-state index in [9.17, 15) is 0 Å². The van der Waals surface area contributed by atoms with E-state index in [0.717, 1.165) is 5.75 Å². The third kappa shape index (κ3) is 3.13. The van der Waals surface area contributed by atoms with Gasteiger partial charge in [0.05, 0.1) is 24.2 Å². The highest BCUT2D eigenvalue weighted by molar-refractivity contribution is 7.78. The highest BCUT2D eigenvalue weighted by Crippen LogP contribution is 2.24. The SMILES string of the molecule is COc1cccc(Oc2ccc(N=C=S)cn2)c1. The fourth-order valence-electron chi connectivity index (χ4n) is 1.34. The first-order valence-corrected chi connectivity index (χ1v) is 5.58. The molecule has 90 valence electrons. The van der Waals surface area contributed by atoms with Crippen LogP contribution in [-0.2, 0) is 0 Å². The zero-order valence-corrected chi connectivity index (χ0v) is 10.5. The van der Waals surface area contributed by atoms with E-state index in [-0.39, 0.29) is 0 Å². The summed E-state index contributed by atoms with van der Waals surface area (Å²) >= 11 is 4.51. The van der Waals surface area contributed by atoms with Gasteiger partial charge in [-0.25, -0.2) is 4.98 Å². The maximum absolute atomic E-state index is 5.57. The molecule has 0 bridgehead atoms. The number of benzene rings is 1. The van der Waals surface area contributed by atoms with Crippen molar-refractivity contribution in [1.29, 1.82) is 0 Å². The number of isothiocyanates is 1. The average molecular weight is 258 g/mol. The third-order valence-electron chi connectivity index (χ3n) is 2.16. The number of ether oxygens (including phenoxy) is 2. The second kappa shape index (κ2) is 5.91. The molecule has 1 heterocycles. The van der Waals surface area contributed by atoms with Gasteiger partial charge in [0, 0.05) is 12.1 Å². The van der Waals surface area contributed by atoms with Crippen molar-refractivity contribution in [3.8, 4) is 17.4 Å². The number of thiocarbonyl (C=S) groups is 1. The lowest BCUT2D eigenvalue weighted by Crippen LogP contribution is -1.88. The first-order valence-electron chi connectivity index (χ1n) is 5.17. The summed E-state index contributed by atoms with van der Waals surface area (Å²) in [4.78, 5) is 7.91. The standard InChI is InChI=1S/C13H10N2O2S/c1-16-11-3-2-4-12(7-11)17-13-6-5-10(8-14-13)15-9-18/h2-8H,1H3. The van der Waals surface area contributed by atoms with Crippen LogP contribution in [0.15, 0.2) is 47.6 Å². The Balaban J connectivity index is 2.15. The van der Waals surface area contributed by atoms with Crippen LogP contribution in [0.25, 0.3) is 0 Å². The van der Waals surface area contributed by atoms with E-state index in [0.29, 0.717) is 17.3 Å². The van der Waals surface area contributed by atoms with E-state index in [1.807, 2.05) is 18.2 Å². The minimum Gasteiger partial charge on any atom is -0.497 e. The van der Waals surface area contributed by atoms with Gasteiger partial charge in [0.15, 0.2) is 0 Å². The molecule has 4 nitrogen and oxygen atoms in total. The number of methoxy groups -OCH3 is 1. The molecule has 0 N–H and O–H groups in total. The van der Waals surface area contributed by atoms with Crippen molar-refractivity contribution < 1.29 is 9.47 Å². The molecular formula is C13H10N2O2S. The van der Waals surface area contributed by atoms with Gasteiger partial charge in [0.25, 0.3) is 0 Å². The lowest BCUT2D eigenvalue weighted by molar-refractivity contribution is 0.407. The molecular weight excluding hydrogens is 248 g/mol. The minimum atomic E-state index is 0.478. The summed E-state index contributed by atoms with van der Waals surface area (Å²) in [6.07, 6.45) is 1.56. The molecule has 2 aromatic rings. The minimum absolute atomic E-state index is 0.478. The molecule has 0 aliphatic heterocycles. The molecule has 1 aromatic carbocycles. The van der Waals surface area contributed by atoms with E-state index in [2.05, 4.69) is 27.4 Å². The quantitative estimate of drug-likeness (QED) is 0.620. The van der Waals surface area contributed by atoms with Crippen molar-refractivity contribution in [2.45, 2.75) is 0 Å². The second-order valence-electron chi connectivity index (χ2n) is 3.34. The first kappa shape index (κ1) is 12.2. The van der Waals surface area contributed by atoms with Gasteiger partial charge in [0.1, 0.15) is 11.5 Å². The van der Waals surface area contributed by atoms with Gasteiger partial charge in [-0.3, -0.25) is 0 Å². The second-order valence-corrected chi connectivity index (χ2v) is 3.52. The summed E-state index contributed by atoms with van der Waals surface area (Å²) in [5, 5.41) is 2.28. The zero-order chi connectivity index (χ0) is 12.8. The first-order chi connectivity index (χ1) is 8.81. The van der Waals surface area contributed by atoms with Gasteiger partial charge in [-0.2, -0.15) is 4.99 Å². The lowest BCUT2D eigenvalue weighted by atomic mass is 10.3. The van der Waals surface area contributed by atoms with Crippen LogP contribution in [-0.4, -0.2) is 17.3 Å². The van der Waals surface area contributed by atoms with Crippen LogP contribution in [0.2, 0.25) is 0 Å². The van der Waals surface area contributed by atoms with E-state index in [1.54, 1.807) is 31.5 Å². The summed E-state index contributed by atoms with van der Waals surface area (Å²) in [5.41, 5.74) is 0.642. The van der Waals surface area contributed by atoms with Crippen molar-refractivity contribution in [2.75, 3.05) is 7.11 Å². The molecule has 0 radical (unpaired) electrons. The monoisotopic (exact) mass is 258 g/mol. The molecule has 0 amide bonds. The normalized spacial score (nSPS) is 9.39. The maximum atomic E-state index is 5.57. The lowest BCUT2D eigenvalue weighted by Gasteiger charge is -2.06. The summed E-state index contributed by atoms with van der Waals surface area (Å²) < 4.78 is 10.7. The highest BCUT2D eigenvalue weighted by Gasteiger charge is 2.00. The number of nitrogens with zero attached hydrogens (tertiary/aromatic N) is 2. The Morgan fingerprint density at radius 2 is 2.06 bits per heavy atom. The number of aliphatic imine (C=N–C) groups is 1. The molecule has 0 aliphatic rings. The zero-order valence-electron chi connectivity index (χ0n) is 9.66. The van der Waals surface area contributed by atoms with Crippen LogP contribution < -0.4 is 9.47 Å². The molecule has 0 aliphatic carbocycles. The molecule has 0 spiro atoms. The molecule has 0 saturated heterocycles. The Bertz CT molecular complexity index is 578. The largest absolute Gasteiger partial charge is 0.497 e. The van der Waals surface area contributed by atoms with Crippen molar-refractivity contribution >= 4 is 23.1 Å². The number of aromatic nitrogens is 1. The molecule has 0 unspecified atom stereocenters. The molecule has 0 saturated carbocycles. The molecule has 0 fully saturated rings. The predicted molar refractivity (Wildman–Crippen MR) is 72.0 cm³/mol. The number of rotatable bonds is 4. The van der Waals surface area contributed by atoms with Gasteiger partial charge in [-0.1, -0.05) is 6.07 Å². The van der Waals surface area contributed by atoms with Crippen molar-refractivity contribution in [3.05, 3.63) is 42.6 Å². The smallest absolute Gasteiger partial charge is 0.219 e. The van der Waals surface area contributed by atoms with E-state index >= 15 is 0 Å². The highest BCUT2D eigenvalue weighted by atomic mass is 32.1. The fraction of sp³-hybridized carbons (Fsp3) is 0.0769. The Hall–Kier alpha value is -2.23. The van der Waals surface area contributed by atoms with Gasteiger partial charge in [0.2, 0.25) is 5.88 Å². The summed E-state index contributed by atoms with van der Waals surface area (Å²) in [6.45, 7) is 0. The molecule has 0 atom stereocenters. The topological polar surface area (TPSA) is 43.7 Å². The van der Waals surface area contributed by atoms with E-state index in [1.165, 1.54) is 0 Å². The third-order valence-corrected chi connectivity index (χ3v) is 2.25. The van der Waals surface area contributed by atoms with Crippen molar-refractivity contribution in [2.24, 2.45) is 4.99 Å². The molecule has 1 aromatic heterocycles. The Kier molecular flexibility index (Phi) is 4.02. The van der Waals surface area contributed by atoms with Crippen LogP contribution in [0, 0.1) is 0 Å². The molecule has 2 rings (SSSR count). The summed E-state index contributed by atoms with van der Waals surface area (Å²) in [5.74, 6) is 1.87. The number of pyridine rings is 1. The van der Waals surface area contributed by atoms with Gasteiger partial charge < -0.3 is 9.47 Å². The Morgan fingerprint density at radius 3 is 2.72 bits per heavy atom. The van der Waals surface area contributed by atoms with Gasteiger partial charge in [-0.05, 0) is 30.4 Å². The Labute approximate surface area is 110 Å². The summed E-state index contributed by atoms with van der Waals surface area (Å²) in [6, 6.07) is 10.8. The Morgan fingerprint density at radius 1 is 1.22 bits per heavy atom. The number of hydrogen-bond donors (Lipinski definition) is 0. The fourth-order valence-corrected chi connectivity index (χ4v) is 1.44. The van der Waals surface area contributed by atoms with Crippen molar-refractivity contribution in [3.63, 3.8) is 0 Å². The van der Waals surface area contributed by atoms with Crippen molar-refractivity contribution in [1.82, 2.24) is 4.98 Å². The molecule has 5 heteroatoms. The van der Waals surface area contributed by atoms with E-state index in [4.69, 9.17) is 9.47 Å².